The minimum Gasteiger partial charge on any atom is -0.481 e. The van der Waals surface area contributed by atoms with Gasteiger partial charge in [-0.2, -0.15) is 12.6 Å². The summed E-state index contributed by atoms with van der Waals surface area (Å²) in [5.41, 5.74) is 32.3. The molecule has 40 heteroatoms. The Bertz CT molecular complexity index is 2550. The maximum absolute atomic E-state index is 14.1. The van der Waals surface area contributed by atoms with Crippen LogP contribution < -0.4 is 92.9 Å². The molecule has 0 radical (unpaired) electrons. The SMILES string of the molecule is C[C@H](N)C(=O)N[C@@H](CS)C(=O)N1CCC[C@H]1C(=O)NCC(=O)N[C@H](C(=O)N[C@@H](CC(=O)O)C(=O)N[C@@H](CCCN=C(N)N)C(=O)N[C@@H](CCCN=C(N)N)C(=O)N[C@H](C(=O)NCC(=O)NCC(=O)NCC(=O)N[C@@H](CC(N)=O)C(=O)O)[C@@H](C)O)[C@@H](C)O. The Morgan fingerprint density at radius 2 is 0.977 bits per heavy atom. The molecule has 0 unspecified atom stereocenters. The predicted octanol–water partition coefficient (Wildman–Crippen LogP) is -12.6. The van der Waals surface area contributed by atoms with E-state index in [1.807, 2.05) is 5.32 Å². The maximum Gasteiger partial charge on any atom is 0.326 e. The summed E-state index contributed by atoms with van der Waals surface area (Å²) < 4.78 is 0. The Morgan fingerprint density at radius 3 is 1.45 bits per heavy atom. The van der Waals surface area contributed by atoms with Crippen LogP contribution in [0, 0.1) is 0 Å². The van der Waals surface area contributed by atoms with Crippen LogP contribution in [0.3, 0.4) is 0 Å². The number of hydrogen-bond acceptors (Lipinski definition) is 21. The van der Waals surface area contributed by atoms with Gasteiger partial charge in [0.1, 0.15) is 48.3 Å². The number of hydrogen-bond donors (Lipinski definition) is 22. The summed E-state index contributed by atoms with van der Waals surface area (Å²) in [6, 6.07) is -14.0. The molecule has 1 heterocycles. The number of primary amides is 1. The van der Waals surface area contributed by atoms with Crippen molar-refractivity contribution in [3.63, 3.8) is 0 Å². The van der Waals surface area contributed by atoms with Crippen LogP contribution in [0.2, 0.25) is 0 Å². The second-order valence-corrected chi connectivity index (χ2v) is 19.9. The standard InChI is InChI=1S/C47H80N20O19S/c1-20(48)37(77)64-27(19-87)44(84)67-12-6-9-28(67)41(81)58-18-33(74)65-36(22(3)69)43(83)63-25(14-34(75)76)40(80)62-23(7-4-10-54-46(50)51)38(78)61-24(8-5-11-55-47(52)53)39(79)66-35(21(2)68)42(82)59-16-31(72)56-15-30(71)57-17-32(73)60-26(45(85)86)13-29(49)70/h20-28,35-36,68-69,87H,4-19,48H2,1-3H3,(H2,49,70)(H,56,72)(H,57,71)(H,58,81)(H,59,82)(H,60,73)(H,61,78)(H,62,80)(H,63,83)(H,64,77)(H,65,74)(H,66,79)(H,75,76)(H,85,86)(H4,50,51,54)(H4,52,53,55)/t20-,21+,22+,23-,24-,25-,26-,27-,28-,35-,36-/m0/s1. The van der Waals surface area contributed by atoms with E-state index in [9.17, 15) is 87.2 Å². The molecule has 1 saturated heterocycles. The summed E-state index contributed by atoms with van der Waals surface area (Å²) in [7, 11) is 0. The first kappa shape index (κ1) is 75.8. The number of carbonyl (C=O) groups is 15. The number of guanidine groups is 2. The van der Waals surface area contributed by atoms with Crippen LogP contribution in [0.1, 0.15) is 72.1 Å². The fourth-order valence-electron chi connectivity index (χ4n) is 7.71. The molecular weight excluding hydrogens is 1180 g/mol. The van der Waals surface area contributed by atoms with E-state index >= 15 is 0 Å². The smallest absolute Gasteiger partial charge is 0.326 e. The highest BCUT2D eigenvalue weighted by molar-refractivity contribution is 7.80. The van der Waals surface area contributed by atoms with E-state index in [0.29, 0.717) is 6.42 Å². The van der Waals surface area contributed by atoms with E-state index in [-0.39, 0.29) is 69.4 Å². The zero-order chi connectivity index (χ0) is 66.2. The molecular formula is C47H80N20O19S. The molecule has 0 aromatic carbocycles. The lowest BCUT2D eigenvalue weighted by Crippen LogP contribution is -2.61. The highest BCUT2D eigenvalue weighted by Crippen LogP contribution is 2.19. The molecule has 11 atom stereocenters. The van der Waals surface area contributed by atoms with Crippen LogP contribution in [-0.4, -0.2) is 244 Å². The molecule has 1 rings (SSSR count). The van der Waals surface area contributed by atoms with Crippen molar-refractivity contribution in [2.24, 2.45) is 44.4 Å². The minimum absolute atomic E-state index is 0.0470. The van der Waals surface area contributed by atoms with Crippen molar-refractivity contribution in [1.29, 1.82) is 0 Å². The van der Waals surface area contributed by atoms with Crippen molar-refractivity contribution in [2.45, 2.75) is 139 Å². The molecule has 1 aliphatic heterocycles. The van der Waals surface area contributed by atoms with E-state index < -0.39 is 194 Å². The van der Waals surface area contributed by atoms with Crippen molar-refractivity contribution < 1.29 is 92.3 Å². The molecule has 13 amide bonds. The Hall–Kier alpha value is -9.18. The number of carboxylic acids is 2. The normalized spacial score (nSPS) is 15.9. The monoisotopic (exact) mass is 1260 g/mol. The molecule has 0 aromatic heterocycles. The first-order chi connectivity index (χ1) is 40.7. The summed E-state index contributed by atoms with van der Waals surface area (Å²) in [5, 5.41) is 64.3. The molecule has 27 N–H and O–H groups in total. The molecule has 0 saturated carbocycles. The third-order valence-electron chi connectivity index (χ3n) is 12.1. The Balaban J connectivity index is 3.28. The number of aliphatic hydroxyl groups excluding tert-OH is 2. The van der Waals surface area contributed by atoms with Crippen molar-refractivity contribution >= 4 is 113 Å². The van der Waals surface area contributed by atoms with Crippen molar-refractivity contribution in [1.82, 2.24) is 63.4 Å². The molecule has 39 nitrogen and oxygen atoms in total. The van der Waals surface area contributed by atoms with E-state index in [2.05, 4.69) is 75.8 Å². The van der Waals surface area contributed by atoms with Crippen molar-refractivity contribution in [3.8, 4) is 0 Å². The fourth-order valence-corrected chi connectivity index (χ4v) is 7.95. The third kappa shape index (κ3) is 29.5. The van der Waals surface area contributed by atoms with Gasteiger partial charge in [-0.1, -0.05) is 0 Å². The molecule has 1 fully saturated rings. The van der Waals surface area contributed by atoms with Gasteiger partial charge in [0.2, 0.25) is 76.8 Å². The number of aliphatic hydroxyl groups is 2. The number of nitrogens with two attached hydrogens (primary N) is 6. The Morgan fingerprint density at radius 1 is 0.529 bits per heavy atom. The van der Waals surface area contributed by atoms with Crippen molar-refractivity contribution in [3.05, 3.63) is 0 Å². The highest BCUT2D eigenvalue weighted by Gasteiger charge is 2.39. The fraction of sp³-hybridized carbons (Fsp3) is 0.638. The molecule has 1 aliphatic rings. The maximum atomic E-state index is 14.1. The number of amides is 13. The lowest BCUT2D eigenvalue weighted by molar-refractivity contribution is -0.143. The van der Waals surface area contributed by atoms with Crippen LogP contribution in [0.4, 0.5) is 0 Å². The van der Waals surface area contributed by atoms with E-state index in [4.69, 9.17) is 39.5 Å². The number of nitrogens with zero attached hydrogens (tertiary/aromatic N) is 3. The summed E-state index contributed by atoms with van der Waals surface area (Å²) in [6.45, 7) is 0.144. The van der Waals surface area contributed by atoms with E-state index in [1.165, 1.54) is 11.8 Å². The van der Waals surface area contributed by atoms with Crippen LogP contribution in [0.15, 0.2) is 9.98 Å². The topological polar surface area (TPSA) is 653 Å². The van der Waals surface area contributed by atoms with Crippen LogP contribution in [0.25, 0.3) is 0 Å². The second kappa shape index (κ2) is 38.7. The molecule has 0 aliphatic carbocycles. The Kier molecular flexibility index (Phi) is 33.7. The molecule has 488 valence electrons. The molecule has 0 bridgehead atoms. The van der Waals surface area contributed by atoms with Gasteiger partial charge in [-0.05, 0) is 59.3 Å². The van der Waals surface area contributed by atoms with E-state index in [0.717, 1.165) is 13.8 Å². The van der Waals surface area contributed by atoms with Gasteiger partial charge < -0.3 is 118 Å². The summed E-state index contributed by atoms with van der Waals surface area (Å²) in [4.78, 5) is 201. The molecule has 0 spiro atoms. The largest absolute Gasteiger partial charge is 0.481 e. The highest BCUT2D eigenvalue weighted by atomic mass is 32.1. The molecule has 87 heavy (non-hydrogen) atoms. The molecule has 0 aromatic rings. The number of thiol groups is 1. The average molecular weight is 1260 g/mol. The van der Waals surface area contributed by atoms with Gasteiger partial charge in [-0.25, -0.2) is 4.79 Å². The zero-order valence-electron chi connectivity index (χ0n) is 47.8. The van der Waals surface area contributed by atoms with Gasteiger partial charge in [0.15, 0.2) is 11.9 Å². The average Bonchev–Trinajstić information content (AvgIpc) is 2.55. The number of aliphatic imine (C=N–C) groups is 2. The van der Waals surface area contributed by atoms with E-state index in [1.54, 1.807) is 0 Å². The summed E-state index contributed by atoms with van der Waals surface area (Å²) >= 11 is 4.12. The van der Waals surface area contributed by atoms with Gasteiger partial charge in [-0.15, -0.1) is 0 Å². The minimum atomic E-state index is -2.05. The first-order valence-electron chi connectivity index (χ1n) is 26.7. The number of likely N-dealkylation sites (tertiary alicyclic amines) is 1. The lowest BCUT2D eigenvalue weighted by atomic mass is 10.0. The number of carboxylic acid groups (broad SMARTS) is 2. The third-order valence-corrected chi connectivity index (χ3v) is 12.5. The predicted molar refractivity (Wildman–Crippen MR) is 305 cm³/mol. The number of nitrogens with one attached hydrogen (secondary N) is 11. The van der Waals surface area contributed by atoms with Gasteiger partial charge >= 0.3 is 11.9 Å². The number of rotatable bonds is 39. The van der Waals surface area contributed by atoms with Crippen LogP contribution >= 0.6 is 12.6 Å². The van der Waals surface area contributed by atoms with Gasteiger partial charge in [-0.3, -0.25) is 77.1 Å². The number of aliphatic carboxylic acids is 2. The first-order valence-corrected chi connectivity index (χ1v) is 27.4. The Labute approximate surface area is 502 Å². The number of carbonyl (C=O) groups excluding carboxylic acids is 13. The summed E-state index contributed by atoms with van der Waals surface area (Å²) in [5.74, 6) is -17.3. The summed E-state index contributed by atoms with van der Waals surface area (Å²) in [6.07, 6.45) is -5.57. The van der Waals surface area contributed by atoms with Gasteiger partial charge in [0.05, 0.1) is 57.3 Å². The van der Waals surface area contributed by atoms with Crippen molar-refractivity contribution in [2.75, 3.05) is 51.6 Å². The zero-order valence-corrected chi connectivity index (χ0v) is 48.7. The van der Waals surface area contributed by atoms with Gasteiger partial charge in [0, 0.05) is 25.4 Å². The lowest BCUT2D eigenvalue weighted by Gasteiger charge is -2.28. The quantitative estimate of drug-likeness (QED) is 0.0118. The van der Waals surface area contributed by atoms with Crippen LogP contribution in [0.5, 0.6) is 0 Å². The second-order valence-electron chi connectivity index (χ2n) is 19.5. The van der Waals surface area contributed by atoms with Gasteiger partial charge in [0.25, 0.3) is 0 Å². The van der Waals surface area contributed by atoms with Crippen LogP contribution in [-0.2, 0) is 71.9 Å².